The zero-order chi connectivity index (χ0) is 19.7. The second-order valence-electron chi connectivity index (χ2n) is 7.38. The standard InChI is InChI=1S/C13H14N2O3.C6H8N2O2/c16-13(17)11-6-9-5-10(7-14-12(9)15-11)8-1-3-18-4-2-8;1-3-2-4(3)5-7-6(9)10-8-5/h5-8H,1-4H2,(H,14,15)(H,16,17);3-4H,2H2,1H3,(H,7,8,9). The average Bonchev–Trinajstić information content (AvgIpc) is 3.08. The molecular formula is C19H22N4O5. The molecule has 1 saturated carbocycles. The molecular weight excluding hydrogens is 364 g/mol. The molecule has 0 radical (unpaired) electrons. The number of rotatable bonds is 3. The van der Waals surface area contributed by atoms with E-state index in [1.165, 1.54) is 5.56 Å². The van der Waals surface area contributed by atoms with Crippen LogP contribution in [0.3, 0.4) is 0 Å². The summed E-state index contributed by atoms with van der Waals surface area (Å²) in [6, 6.07) is 3.66. The number of carbonyl (C=O) groups is 1. The van der Waals surface area contributed by atoms with Gasteiger partial charge >= 0.3 is 11.7 Å². The molecule has 3 N–H and O–H groups in total. The maximum absolute atomic E-state index is 10.9. The number of H-pyrrole nitrogens is 2. The van der Waals surface area contributed by atoms with Crippen LogP contribution >= 0.6 is 0 Å². The molecule has 2 unspecified atom stereocenters. The van der Waals surface area contributed by atoms with Crippen LogP contribution in [-0.2, 0) is 4.74 Å². The van der Waals surface area contributed by atoms with Crippen molar-refractivity contribution < 1.29 is 19.2 Å². The Kier molecular flexibility index (Phi) is 4.99. The highest BCUT2D eigenvalue weighted by molar-refractivity contribution is 5.92. The molecule has 0 bridgehead atoms. The lowest BCUT2D eigenvalue weighted by Crippen LogP contribution is -2.14. The van der Waals surface area contributed by atoms with E-state index in [4.69, 9.17) is 9.84 Å². The molecule has 5 rings (SSSR count). The Labute approximate surface area is 160 Å². The third kappa shape index (κ3) is 3.99. The number of fused-ring (bicyclic) bond motifs is 1. The van der Waals surface area contributed by atoms with Gasteiger partial charge in [0.1, 0.15) is 11.3 Å². The highest BCUT2D eigenvalue weighted by atomic mass is 16.5. The number of carboxylic acid groups (broad SMARTS) is 1. The van der Waals surface area contributed by atoms with E-state index in [9.17, 15) is 9.59 Å². The lowest BCUT2D eigenvalue weighted by atomic mass is 9.92. The van der Waals surface area contributed by atoms with Gasteiger partial charge in [-0.3, -0.25) is 9.51 Å². The van der Waals surface area contributed by atoms with Crippen LogP contribution in [0, 0.1) is 5.92 Å². The highest BCUT2D eigenvalue weighted by Crippen LogP contribution is 2.44. The van der Waals surface area contributed by atoms with Gasteiger partial charge in [0.25, 0.3) is 0 Å². The Hall–Kier alpha value is -2.94. The Morgan fingerprint density at radius 2 is 2.00 bits per heavy atom. The Balaban J connectivity index is 0.000000162. The number of nitrogens with one attached hydrogen (secondary N) is 2. The van der Waals surface area contributed by atoms with E-state index in [0.29, 0.717) is 29.2 Å². The van der Waals surface area contributed by atoms with Crippen LogP contribution in [-0.4, -0.2) is 44.4 Å². The molecule has 148 valence electrons. The summed E-state index contributed by atoms with van der Waals surface area (Å²) in [5, 5.41) is 13.4. The maximum Gasteiger partial charge on any atom is 0.438 e. The van der Waals surface area contributed by atoms with Gasteiger partial charge in [-0.05, 0) is 48.8 Å². The van der Waals surface area contributed by atoms with E-state index in [2.05, 4.69) is 31.6 Å². The summed E-state index contributed by atoms with van der Waals surface area (Å²) in [7, 11) is 0. The molecule has 2 atom stereocenters. The van der Waals surface area contributed by atoms with Crippen molar-refractivity contribution in [2.75, 3.05) is 13.2 Å². The van der Waals surface area contributed by atoms with Crippen LogP contribution in [0.15, 0.2) is 27.6 Å². The van der Waals surface area contributed by atoms with Gasteiger partial charge < -0.3 is 14.8 Å². The number of aromatic carboxylic acids is 1. The number of hydrogen-bond donors (Lipinski definition) is 3. The number of aromatic nitrogens is 4. The van der Waals surface area contributed by atoms with Crippen molar-refractivity contribution in [3.8, 4) is 0 Å². The van der Waals surface area contributed by atoms with Gasteiger partial charge in [0.05, 0.1) is 0 Å². The molecule has 28 heavy (non-hydrogen) atoms. The molecule has 9 heteroatoms. The number of ether oxygens (including phenoxy) is 1. The molecule has 4 heterocycles. The average molecular weight is 386 g/mol. The highest BCUT2D eigenvalue weighted by Gasteiger charge is 2.37. The molecule has 1 aliphatic carbocycles. The normalized spacial score (nSPS) is 21.9. The van der Waals surface area contributed by atoms with Gasteiger partial charge in [0.15, 0.2) is 5.82 Å². The zero-order valence-corrected chi connectivity index (χ0v) is 15.5. The van der Waals surface area contributed by atoms with Crippen LogP contribution in [0.2, 0.25) is 0 Å². The summed E-state index contributed by atoms with van der Waals surface area (Å²) < 4.78 is 9.69. The Bertz CT molecular complexity index is 1030. The summed E-state index contributed by atoms with van der Waals surface area (Å²) in [5.74, 6) is 0.859. The van der Waals surface area contributed by atoms with Crippen LogP contribution in [0.25, 0.3) is 11.0 Å². The Morgan fingerprint density at radius 3 is 2.61 bits per heavy atom. The first-order valence-electron chi connectivity index (χ1n) is 9.37. The largest absolute Gasteiger partial charge is 0.477 e. The smallest absolute Gasteiger partial charge is 0.438 e. The van der Waals surface area contributed by atoms with Gasteiger partial charge in [-0.1, -0.05) is 12.1 Å². The molecule has 2 fully saturated rings. The van der Waals surface area contributed by atoms with E-state index in [0.717, 1.165) is 37.9 Å². The number of hydrogen-bond acceptors (Lipinski definition) is 6. The monoisotopic (exact) mass is 386 g/mol. The molecule has 9 nitrogen and oxygen atoms in total. The quantitative estimate of drug-likeness (QED) is 0.630. The summed E-state index contributed by atoms with van der Waals surface area (Å²) in [6.07, 6.45) is 4.95. The second kappa shape index (κ2) is 7.59. The summed E-state index contributed by atoms with van der Waals surface area (Å²) in [5.41, 5.74) is 1.98. The van der Waals surface area contributed by atoms with Crippen molar-refractivity contribution in [2.24, 2.45) is 5.92 Å². The van der Waals surface area contributed by atoms with Crippen molar-refractivity contribution in [1.29, 1.82) is 0 Å². The van der Waals surface area contributed by atoms with Gasteiger partial charge in [-0.15, -0.1) is 0 Å². The fraction of sp³-hybridized carbons (Fsp3) is 0.474. The summed E-state index contributed by atoms with van der Waals surface area (Å²) in [6.45, 7) is 3.70. The van der Waals surface area contributed by atoms with Crippen LogP contribution in [0.1, 0.15) is 59.9 Å². The minimum absolute atomic E-state index is 0.182. The van der Waals surface area contributed by atoms with E-state index in [-0.39, 0.29) is 5.69 Å². The first kappa shape index (κ1) is 18.4. The van der Waals surface area contributed by atoms with Crippen molar-refractivity contribution in [2.45, 2.75) is 38.0 Å². The van der Waals surface area contributed by atoms with Gasteiger partial charge in [-0.2, -0.15) is 0 Å². The van der Waals surface area contributed by atoms with E-state index < -0.39 is 11.7 Å². The molecule has 1 aliphatic heterocycles. The lowest BCUT2D eigenvalue weighted by molar-refractivity contribution is 0.0691. The van der Waals surface area contributed by atoms with Gasteiger partial charge in [0, 0.05) is 30.7 Å². The maximum atomic E-state index is 10.9. The zero-order valence-electron chi connectivity index (χ0n) is 15.5. The minimum Gasteiger partial charge on any atom is -0.477 e. The van der Waals surface area contributed by atoms with Gasteiger partial charge in [-0.25, -0.2) is 14.6 Å². The van der Waals surface area contributed by atoms with Crippen LogP contribution in [0.5, 0.6) is 0 Å². The fourth-order valence-electron chi connectivity index (χ4n) is 3.51. The first-order chi connectivity index (χ1) is 13.5. The van der Waals surface area contributed by atoms with Crippen LogP contribution in [0.4, 0.5) is 0 Å². The molecule has 0 amide bonds. The van der Waals surface area contributed by atoms with Crippen molar-refractivity contribution in [1.82, 2.24) is 20.1 Å². The molecule has 3 aromatic rings. The topological polar surface area (TPSA) is 134 Å². The molecule has 0 spiro atoms. The third-order valence-electron chi connectivity index (χ3n) is 5.33. The van der Waals surface area contributed by atoms with Crippen LogP contribution < -0.4 is 5.76 Å². The van der Waals surface area contributed by atoms with E-state index in [1.807, 2.05) is 12.3 Å². The predicted molar refractivity (Wildman–Crippen MR) is 99.5 cm³/mol. The molecule has 2 aliphatic rings. The molecule has 3 aromatic heterocycles. The Morgan fingerprint density at radius 1 is 1.25 bits per heavy atom. The van der Waals surface area contributed by atoms with Crippen molar-refractivity contribution >= 4 is 17.0 Å². The second-order valence-corrected chi connectivity index (χ2v) is 7.38. The number of nitrogens with zero attached hydrogens (tertiary/aromatic N) is 2. The van der Waals surface area contributed by atoms with Gasteiger partial charge in [0.2, 0.25) is 0 Å². The first-order valence-corrected chi connectivity index (χ1v) is 9.37. The van der Waals surface area contributed by atoms with Crippen molar-refractivity contribution in [3.63, 3.8) is 0 Å². The minimum atomic E-state index is -0.958. The number of pyridine rings is 1. The van der Waals surface area contributed by atoms with Crippen molar-refractivity contribution in [3.05, 3.63) is 46.0 Å². The molecule has 1 saturated heterocycles. The fourth-order valence-corrected chi connectivity index (χ4v) is 3.51. The van der Waals surface area contributed by atoms with E-state index in [1.54, 1.807) is 6.07 Å². The molecule has 0 aromatic carbocycles. The number of carboxylic acids is 1. The summed E-state index contributed by atoms with van der Waals surface area (Å²) in [4.78, 5) is 31.0. The third-order valence-corrected chi connectivity index (χ3v) is 5.33. The number of aromatic amines is 2. The van der Waals surface area contributed by atoms with E-state index >= 15 is 0 Å². The lowest BCUT2D eigenvalue weighted by Gasteiger charge is -2.21. The summed E-state index contributed by atoms with van der Waals surface area (Å²) >= 11 is 0. The SMILES string of the molecule is CC1CC1c1noc(=O)[nH]1.O=C(O)c1cc2cc(C3CCOCC3)cnc2[nH]1. The predicted octanol–water partition coefficient (Wildman–Crippen LogP) is 2.64.